The molecule has 2 aromatic heterocycles. The van der Waals surface area contributed by atoms with Crippen LogP contribution in [0.3, 0.4) is 0 Å². The Morgan fingerprint density at radius 3 is 2.42 bits per heavy atom. The van der Waals surface area contributed by atoms with Crippen molar-refractivity contribution in [3.8, 4) is 22.6 Å². The van der Waals surface area contributed by atoms with Gasteiger partial charge in [-0.05, 0) is 57.5 Å². The number of amides is 2. The van der Waals surface area contributed by atoms with Crippen molar-refractivity contribution in [3.05, 3.63) is 30.5 Å². The van der Waals surface area contributed by atoms with E-state index in [1.807, 2.05) is 39.0 Å². The summed E-state index contributed by atoms with van der Waals surface area (Å²) >= 11 is 0. The third-order valence-corrected chi connectivity index (χ3v) is 6.10. The second kappa shape index (κ2) is 12.2. The van der Waals surface area contributed by atoms with E-state index in [0.29, 0.717) is 34.5 Å². The van der Waals surface area contributed by atoms with Crippen LogP contribution in [0, 0.1) is 0 Å². The van der Waals surface area contributed by atoms with Crippen LogP contribution in [0.15, 0.2) is 30.5 Å². The molecule has 0 aliphatic carbocycles. The van der Waals surface area contributed by atoms with E-state index in [2.05, 4.69) is 36.1 Å². The van der Waals surface area contributed by atoms with Crippen LogP contribution < -0.4 is 30.7 Å². The molecule has 1 aromatic carbocycles. The van der Waals surface area contributed by atoms with E-state index < -0.39 is 5.54 Å². The molecule has 0 unspecified atom stereocenters. The van der Waals surface area contributed by atoms with Gasteiger partial charge in [0.15, 0.2) is 5.65 Å². The third-order valence-electron chi connectivity index (χ3n) is 6.10. The fourth-order valence-electron chi connectivity index (χ4n) is 4.24. The first-order valence-corrected chi connectivity index (χ1v) is 12.9. The summed E-state index contributed by atoms with van der Waals surface area (Å²) in [4.78, 5) is 29.1. The lowest BCUT2D eigenvalue weighted by Crippen LogP contribution is -2.44. The van der Waals surface area contributed by atoms with Crippen molar-refractivity contribution < 1.29 is 14.3 Å². The Labute approximate surface area is 223 Å². The molecule has 38 heavy (non-hydrogen) atoms. The lowest BCUT2D eigenvalue weighted by atomic mass is 10.0. The molecule has 1 saturated heterocycles. The van der Waals surface area contributed by atoms with Crippen molar-refractivity contribution in [2.45, 2.75) is 32.7 Å². The van der Waals surface area contributed by atoms with Gasteiger partial charge in [0.05, 0.1) is 14.2 Å². The molecule has 11 nitrogen and oxygen atoms in total. The lowest BCUT2D eigenvalue weighted by Gasteiger charge is -2.27. The summed E-state index contributed by atoms with van der Waals surface area (Å²) in [6, 6.07) is 7.08. The quantitative estimate of drug-likeness (QED) is 0.313. The Morgan fingerprint density at radius 1 is 1.05 bits per heavy atom. The average Bonchev–Trinajstić information content (AvgIpc) is 2.89. The van der Waals surface area contributed by atoms with Gasteiger partial charge in [-0.25, -0.2) is 14.8 Å². The van der Waals surface area contributed by atoms with E-state index in [4.69, 9.17) is 14.5 Å². The minimum absolute atomic E-state index is 0.360. The number of pyridine rings is 1. The number of methoxy groups -OCH3 is 2. The van der Waals surface area contributed by atoms with Gasteiger partial charge in [-0.1, -0.05) is 0 Å². The zero-order valence-corrected chi connectivity index (χ0v) is 22.9. The molecule has 0 bridgehead atoms. The van der Waals surface area contributed by atoms with Crippen LogP contribution in [0.5, 0.6) is 11.5 Å². The van der Waals surface area contributed by atoms with Gasteiger partial charge in [-0.15, -0.1) is 0 Å². The molecule has 0 radical (unpaired) electrons. The van der Waals surface area contributed by atoms with Crippen LogP contribution in [0.4, 0.5) is 16.6 Å². The highest BCUT2D eigenvalue weighted by atomic mass is 16.5. The first-order valence-electron chi connectivity index (χ1n) is 12.9. The monoisotopic (exact) mass is 522 g/mol. The summed E-state index contributed by atoms with van der Waals surface area (Å²) < 4.78 is 10.9. The first-order chi connectivity index (χ1) is 18.2. The van der Waals surface area contributed by atoms with Crippen LogP contribution in [0.1, 0.15) is 27.2 Å². The highest BCUT2D eigenvalue weighted by Gasteiger charge is 2.19. The molecule has 204 valence electrons. The topological polar surface area (TPSA) is 126 Å². The molecule has 11 heteroatoms. The second-order valence-corrected chi connectivity index (χ2v) is 10.3. The molecule has 4 rings (SSSR count). The molecular formula is C27H38N8O3. The molecule has 1 aliphatic rings. The Balaban J connectivity index is 1.60. The van der Waals surface area contributed by atoms with E-state index in [9.17, 15) is 4.79 Å². The molecule has 1 aliphatic heterocycles. The molecule has 3 heterocycles. The summed E-state index contributed by atoms with van der Waals surface area (Å²) in [7, 11) is 3.19. The number of anilines is 2. The first kappa shape index (κ1) is 27.3. The van der Waals surface area contributed by atoms with E-state index in [1.165, 1.54) is 0 Å². The van der Waals surface area contributed by atoms with Crippen LogP contribution in [-0.2, 0) is 0 Å². The van der Waals surface area contributed by atoms with Crippen LogP contribution in [0.25, 0.3) is 22.2 Å². The van der Waals surface area contributed by atoms with E-state index >= 15 is 0 Å². The standard InChI is InChI=1S/C27H38N8O3/c1-27(2,3)34-26(36)33-24-22(18-13-20(37-4)16-21(14-18)38-5)15-19-17-30-25(32-23(19)31-24)29-7-6-10-35-11-8-28-9-12-35/h13-17,28H,6-12H2,1-5H3,(H3,29,30,31,32,33,34,36). The Kier molecular flexibility index (Phi) is 8.80. The molecule has 0 saturated carbocycles. The predicted octanol–water partition coefficient (Wildman–Crippen LogP) is 3.34. The summed E-state index contributed by atoms with van der Waals surface area (Å²) in [6.07, 6.45) is 2.74. The SMILES string of the molecule is COc1cc(OC)cc(-c2cc3cnc(NCCCN4CCNCC4)nc3nc2NC(=O)NC(C)(C)C)c1. The van der Waals surface area contributed by atoms with Crippen molar-refractivity contribution in [1.29, 1.82) is 0 Å². The number of hydrogen-bond donors (Lipinski definition) is 4. The maximum Gasteiger partial charge on any atom is 0.320 e. The molecule has 3 aromatic rings. The van der Waals surface area contributed by atoms with Gasteiger partial charge in [-0.3, -0.25) is 5.32 Å². The van der Waals surface area contributed by atoms with Crippen LogP contribution >= 0.6 is 0 Å². The van der Waals surface area contributed by atoms with Crippen molar-refractivity contribution in [3.63, 3.8) is 0 Å². The highest BCUT2D eigenvalue weighted by Crippen LogP contribution is 2.35. The number of urea groups is 1. The molecule has 2 amide bonds. The van der Waals surface area contributed by atoms with E-state index in [1.54, 1.807) is 26.5 Å². The molecule has 0 atom stereocenters. The smallest absolute Gasteiger partial charge is 0.320 e. The molecule has 4 N–H and O–H groups in total. The van der Waals surface area contributed by atoms with Gasteiger partial charge >= 0.3 is 6.03 Å². The second-order valence-electron chi connectivity index (χ2n) is 10.3. The number of nitrogens with one attached hydrogen (secondary N) is 4. The van der Waals surface area contributed by atoms with Gasteiger partial charge < -0.3 is 30.3 Å². The fourth-order valence-corrected chi connectivity index (χ4v) is 4.24. The number of ether oxygens (including phenoxy) is 2. The Hall–Kier alpha value is -3.70. The molecule has 1 fully saturated rings. The van der Waals surface area contributed by atoms with Gasteiger partial charge in [0, 0.05) is 61.5 Å². The minimum Gasteiger partial charge on any atom is -0.497 e. The molecular weight excluding hydrogens is 484 g/mol. The number of carbonyl (C=O) groups excluding carboxylic acids is 1. The number of rotatable bonds is 9. The number of benzene rings is 1. The predicted molar refractivity (Wildman–Crippen MR) is 150 cm³/mol. The third kappa shape index (κ3) is 7.42. The number of nitrogens with zero attached hydrogens (tertiary/aromatic N) is 4. The summed E-state index contributed by atoms with van der Waals surface area (Å²) in [5.74, 6) is 2.13. The number of piperazine rings is 1. The van der Waals surface area contributed by atoms with E-state index in [0.717, 1.165) is 56.6 Å². The normalized spacial score (nSPS) is 14.2. The van der Waals surface area contributed by atoms with Crippen molar-refractivity contribution >= 4 is 28.8 Å². The number of aromatic nitrogens is 3. The number of carbonyl (C=O) groups is 1. The van der Waals surface area contributed by atoms with Gasteiger partial charge in [0.25, 0.3) is 0 Å². The number of hydrogen-bond acceptors (Lipinski definition) is 9. The van der Waals surface area contributed by atoms with Crippen LogP contribution in [0.2, 0.25) is 0 Å². The molecule has 0 spiro atoms. The Morgan fingerprint density at radius 2 is 1.76 bits per heavy atom. The van der Waals surface area contributed by atoms with Crippen molar-refractivity contribution in [2.75, 3.05) is 64.1 Å². The summed E-state index contributed by atoms with van der Waals surface area (Å²) in [6.45, 7) is 11.8. The zero-order chi connectivity index (χ0) is 27.1. The minimum atomic E-state index is -0.412. The van der Waals surface area contributed by atoms with Gasteiger partial charge in [-0.2, -0.15) is 4.98 Å². The van der Waals surface area contributed by atoms with Crippen molar-refractivity contribution in [2.24, 2.45) is 0 Å². The summed E-state index contributed by atoms with van der Waals surface area (Å²) in [5.41, 5.74) is 1.54. The lowest BCUT2D eigenvalue weighted by molar-refractivity contribution is 0.240. The average molecular weight is 523 g/mol. The highest BCUT2D eigenvalue weighted by molar-refractivity contribution is 5.96. The van der Waals surface area contributed by atoms with Gasteiger partial charge in [0.1, 0.15) is 17.3 Å². The number of fused-ring (bicyclic) bond motifs is 1. The van der Waals surface area contributed by atoms with Gasteiger partial charge in [0.2, 0.25) is 5.95 Å². The Bertz CT molecular complexity index is 1230. The fraction of sp³-hybridized carbons (Fsp3) is 0.481. The van der Waals surface area contributed by atoms with E-state index in [-0.39, 0.29) is 6.03 Å². The van der Waals surface area contributed by atoms with Crippen LogP contribution in [-0.4, -0.2) is 84.9 Å². The maximum atomic E-state index is 12.8. The largest absolute Gasteiger partial charge is 0.497 e. The van der Waals surface area contributed by atoms with Crippen molar-refractivity contribution in [1.82, 2.24) is 30.5 Å². The summed E-state index contributed by atoms with van der Waals surface area (Å²) in [5, 5.41) is 13.3. The zero-order valence-electron chi connectivity index (χ0n) is 22.9. The maximum absolute atomic E-state index is 12.8.